The highest BCUT2D eigenvalue weighted by molar-refractivity contribution is 5.81. The molecule has 0 radical (unpaired) electrons. The molecule has 0 aliphatic carbocycles. The smallest absolute Gasteiger partial charge is 0.263 e. The number of ether oxygens (including phenoxy) is 1. The van der Waals surface area contributed by atoms with E-state index in [-0.39, 0.29) is 5.91 Å². The van der Waals surface area contributed by atoms with Gasteiger partial charge in [-0.15, -0.1) is 0 Å². The van der Waals surface area contributed by atoms with Gasteiger partial charge in [0, 0.05) is 13.1 Å². The van der Waals surface area contributed by atoms with E-state index < -0.39 is 6.10 Å². The van der Waals surface area contributed by atoms with Gasteiger partial charge in [0.2, 0.25) is 0 Å². The van der Waals surface area contributed by atoms with Crippen molar-refractivity contribution in [3.05, 3.63) is 54.6 Å². The highest BCUT2D eigenvalue weighted by atomic mass is 16.5. The van der Waals surface area contributed by atoms with Crippen LogP contribution in [0.2, 0.25) is 0 Å². The van der Waals surface area contributed by atoms with Crippen molar-refractivity contribution in [2.45, 2.75) is 26.4 Å². The van der Waals surface area contributed by atoms with Crippen molar-refractivity contribution in [1.29, 1.82) is 0 Å². The van der Waals surface area contributed by atoms with E-state index in [4.69, 9.17) is 4.74 Å². The van der Waals surface area contributed by atoms with Crippen molar-refractivity contribution in [2.24, 2.45) is 5.92 Å². The molecule has 23 heavy (non-hydrogen) atoms. The number of carbonyl (C=O) groups is 1. The average Bonchev–Trinajstić information content (AvgIpc) is 3.02. The van der Waals surface area contributed by atoms with Crippen LogP contribution in [0, 0.1) is 5.92 Å². The third-order valence-electron chi connectivity index (χ3n) is 4.36. The first kappa shape index (κ1) is 15.6. The monoisotopic (exact) mass is 309 g/mol. The zero-order valence-corrected chi connectivity index (χ0v) is 13.7. The van der Waals surface area contributed by atoms with E-state index in [0.717, 1.165) is 30.8 Å². The van der Waals surface area contributed by atoms with Crippen LogP contribution in [0.4, 0.5) is 0 Å². The molecule has 1 saturated heterocycles. The fourth-order valence-corrected chi connectivity index (χ4v) is 3.00. The summed E-state index contributed by atoms with van der Waals surface area (Å²) in [5, 5.41) is 0. The Bertz CT molecular complexity index is 651. The minimum atomic E-state index is -0.442. The summed E-state index contributed by atoms with van der Waals surface area (Å²) in [5.74, 6) is 1.41. The van der Waals surface area contributed by atoms with Gasteiger partial charge in [0.1, 0.15) is 5.75 Å². The van der Waals surface area contributed by atoms with Gasteiger partial charge in [-0.05, 0) is 42.5 Å². The molecule has 1 heterocycles. The Morgan fingerprint density at radius 2 is 1.74 bits per heavy atom. The maximum Gasteiger partial charge on any atom is 0.263 e. The molecular weight excluding hydrogens is 286 g/mol. The molecule has 1 aliphatic heterocycles. The molecule has 0 saturated carbocycles. The van der Waals surface area contributed by atoms with Crippen LogP contribution >= 0.6 is 0 Å². The maximum atomic E-state index is 12.4. The lowest BCUT2D eigenvalue weighted by atomic mass is 10.1. The summed E-state index contributed by atoms with van der Waals surface area (Å²) in [6.45, 7) is 5.71. The summed E-state index contributed by atoms with van der Waals surface area (Å²) in [7, 11) is 0. The van der Waals surface area contributed by atoms with Crippen LogP contribution in [0.5, 0.6) is 5.75 Å². The van der Waals surface area contributed by atoms with Gasteiger partial charge in [-0.25, -0.2) is 0 Å². The molecule has 2 atom stereocenters. The third kappa shape index (κ3) is 3.73. The van der Waals surface area contributed by atoms with E-state index >= 15 is 0 Å². The summed E-state index contributed by atoms with van der Waals surface area (Å²) in [6, 6.07) is 18.1. The molecule has 0 aromatic heterocycles. The van der Waals surface area contributed by atoms with Gasteiger partial charge in [-0.3, -0.25) is 4.79 Å². The number of hydrogen-bond donors (Lipinski definition) is 0. The van der Waals surface area contributed by atoms with E-state index in [1.807, 2.05) is 54.3 Å². The van der Waals surface area contributed by atoms with Gasteiger partial charge >= 0.3 is 0 Å². The normalized spacial score (nSPS) is 18.7. The molecule has 3 heteroatoms. The lowest BCUT2D eigenvalue weighted by Gasteiger charge is -2.21. The quantitative estimate of drug-likeness (QED) is 0.854. The average molecular weight is 309 g/mol. The highest BCUT2D eigenvalue weighted by Crippen LogP contribution is 2.23. The number of likely N-dealkylation sites (tertiary alicyclic amines) is 1. The SMILES string of the molecule is CC1CCN(C(=O)C(C)Oc2ccc(-c3ccccc3)cc2)C1. The number of amides is 1. The van der Waals surface area contributed by atoms with E-state index in [0.29, 0.717) is 5.92 Å². The van der Waals surface area contributed by atoms with Crippen molar-refractivity contribution in [3.63, 3.8) is 0 Å². The van der Waals surface area contributed by atoms with Gasteiger partial charge in [0.15, 0.2) is 6.10 Å². The molecule has 3 nitrogen and oxygen atoms in total. The number of hydrogen-bond acceptors (Lipinski definition) is 2. The zero-order chi connectivity index (χ0) is 16.2. The molecule has 2 unspecified atom stereocenters. The van der Waals surface area contributed by atoms with Crippen LogP contribution in [0.1, 0.15) is 20.3 Å². The van der Waals surface area contributed by atoms with Crippen LogP contribution in [0.25, 0.3) is 11.1 Å². The summed E-state index contributed by atoms with van der Waals surface area (Å²) >= 11 is 0. The second-order valence-electron chi connectivity index (χ2n) is 6.33. The molecule has 0 N–H and O–H groups in total. The number of benzene rings is 2. The van der Waals surface area contributed by atoms with Crippen LogP contribution in [0.15, 0.2) is 54.6 Å². The van der Waals surface area contributed by atoms with Gasteiger partial charge in [-0.1, -0.05) is 49.4 Å². The van der Waals surface area contributed by atoms with Crippen molar-refractivity contribution < 1.29 is 9.53 Å². The van der Waals surface area contributed by atoms with Gasteiger partial charge in [0.05, 0.1) is 0 Å². The predicted octanol–water partition coefficient (Wildman–Crippen LogP) is 3.99. The molecule has 0 bridgehead atoms. The molecule has 120 valence electrons. The second kappa shape index (κ2) is 6.86. The van der Waals surface area contributed by atoms with E-state index in [2.05, 4.69) is 19.1 Å². The summed E-state index contributed by atoms with van der Waals surface area (Å²) in [4.78, 5) is 14.3. The molecule has 2 aromatic carbocycles. The Kier molecular flexibility index (Phi) is 4.65. The third-order valence-corrected chi connectivity index (χ3v) is 4.36. The van der Waals surface area contributed by atoms with Crippen molar-refractivity contribution in [1.82, 2.24) is 4.90 Å². The molecule has 1 amide bonds. The summed E-state index contributed by atoms with van der Waals surface area (Å²) < 4.78 is 5.82. The first-order chi connectivity index (χ1) is 11.1. The summed E-state index contributed by atoms with van der Waals surface area (Å²) in [6.07, 6.45) is 0.646. The van der Waals surface area contributed by atoms with Crippen molar-refractivity contribution in [2.75, 3.05) is 13.1 Å². The molecular formula is C20H23NO2. The van der Waals surface area contributed by atoms with Crippen LogP contribution in [0.3, 0.4) is 0 Å². The molecule has 0 spiro atoms. The highest BCUT2D eigenvalue weighted by Gasteiger charge is 2.27. The largest absolute Gasteiger partial charge is 0.481 e. The zero-order valence-electron chi connectivity index (χ0n) is 13.7. The first-order valence-electron chi connectivity index (χ1n) is 8.24. The number of nitrogens with zero attached hydrogens (tertiary/aromatic N) is 1. The van der Waals surface area contributed by atoms with E-state index in [1.54, 1.807) is 0 Å². The molecule has 3 rings (SSSR count). The second-order valence-corrected chi connectivity index (χ2v) is 6.33. The fourth-order valence-electron chi connectivity index (χ4n) is 3.00. The van der Waals surface area contributed by atoms with Crippen LogP contribution in [-0.4, -0.2) is 30.0 Å². The Hall–Kier alpha value is -2.29. The Balaban J connectivity index is 1.63. The van der Waals surface area contributed by atoms with Crippen LogP contribution < -0.4 is 4.74 Å². The van der Waals surface area contributed by atoms with E-state index in [9.17, 15) is 4.79 Å². The van der Waals surface area contributed by atoms with Gasteiger partial charge < -0.3 is 9.64 Å². The lowest BCUT2D eigenvalue weighted by molar-refractivity contribution is -0.136. The molecule has 2 aromatic rings. The minimum absolute atomic E-state index is 0.0847. The topological polar surface area (TPSA) is 29.5 Å². The minimum Gasteiger partial charge on any atom is -0.481 e. The van der Waals surface area contributed by atoms with Gasteiger partial charge in [0.25, 0.3) is 5.91 Å². The Morgan fingerprint density at radius 3 is 2.35 bits per heavy atom. The van der Waals surface area contributed by atoms with E-state index in [1.165, 1.54) is 5.56 Å². The first-order valence-corrected chi connectivity index (χ1v) is 8.24. The van der Waals surface area contributed by atoms with Gasteiger partial charge in [-0.2, -0.15) is 0 Å². The summed E-state index contributed by atoms with van der Waals surface area (Å²) in [5.41, 5.74) is 2.32. The lowest BCUT2D eigenvalue weighted by Crippen LogP contribution is -2.39. The molecule has 1 aliphatic rings. The maximum absolute atomic E-state index is 12.4. The number of carbonyl (C=O) groups excluding carboxylic acids is 1. The van der Waals surface area contributed by atoms with Crippen molar-refractivity contribution in [3.8, 4) is 16.9 Å². The van der Waals surface area contributed by atoms with Crippen LogP contribution in [-0.2, 0) is 4.79 Å². The Labute approximate surface area is 137 Å². The fraction of sp³-hybridized carbons (Fsp3) is 0.350. The molecule has 1 fully saturated rings. The number of rotatable bonds is 4. The predicted molar refractivity (Wildman–Crippen MR) is 92.3 cm³/mol. The Morgan fingerprint density at radius 1 is 1.09 bits per heavy atom. The van der Waals surface area contributed by atoms with Crippen molar-refractivity contribution >= 4 is 5.91 Å². The standard InChI is InChI=1S/C20H23NO2/c1-15-12-13-21(14-15)20(22)16(2)23-19-10-8-18(9-11-19)17-6-4-3-5-7-17/h3-11,15-16H,12-14H2,1-2H3.